The Morgan fingerprint density at radius 2 is 1.75 bits per heavy atom. The van der Waals surface area contributed by atoms with Crippen LogP contribution in [0.15, 0.2) is 54.6 Å². The minimum absolute atomic E-state index is 0.0175. The molecule has 28 heavy (non-hydrogen) atoms. The van der Waals surface area contributed by atoms with Crippen LogP contribution in [-0.4, -0.2) is 33.2 Å². The largest absolute Gasteiger partial charge is 0.494 e. The molecule has 1 unspecified atom stereocenters. The number of carbonyl (C=O) groups is 1. The monoisotopic (exact) mass is 375 g/mol. The van der Waals surface area contributed by atoms with Crippen molar-refractivity contribution in [3.05, 3.63) is 71.4 Å². The smallest absolute Gasteiger partial charge is 0.273 e. The third-order valence-electron chi connectivity index (χ3n) is 5.05. The summed E-state index contributed by atoms with van der Waals surface area (Å²) in [4.78, 5) is 15.2. The van der Waals surface area contributed by atoms with Crippen LogP contribution in [0.4, 0.5) is 0 Å². The molecule has 1 atom stereocenters. The second-order valence-electron chi connectivity index (χ2n) is 7.98. The maximum atomic E-state index is 13.3. The number of aromatic nitrogens is 2. The van der Waals surface area contributed by atoms with Crippen LogP contribution in [0.25, 0.3) is 11.3 Å². The first-order valence-electron chi connectivity index (χ1n) is 9.62. The number of rotatable bonds is 4. The van der Waals surface area contributed by atoms with E-state index < -0.39 is 0 Å². The van der Waals surface area contributed by atoms with Crippen LogP contribution in [0.1, 0.15) is 55.4 Å². The van der Waals surface area contributed by atoms with Crippen LogP contribution < -0.4 is 4.74 Å². The van der Waals surface area contributed by atoms with Crippen LogP contribution in [0.2, 0.25) is 0 Å². The Morgan fingerprint density at radius 1 is 1.07 bits per heavy atom. The van der Waals surface area contributed by atoms with Gasteiger partial charge in [0.25, 0.3) is 5.91 Å². The zero-order valence-corrected chi connectivity index (χ0v) is 16.7. The van der Waals surface area contributed by atoms with Gasteiger partial charge in [-0.2, -0.15) is 5.10 Å². The van der Waals surface area contributed by atoms with Gasteiger partial charge in [-0.05, 0) is 45.4 Å². The van der Waals surface area contributed by atoms with Gasteiger partial charge in [-0.1, -0.05) is 42.5 Å². The number of nitrogens with one attached hydrogen (secondary N) is 1. The van der Waals surface area contributed by atoms with E-state index in [4.69, 9.17) is 4.74 Å². The van der Waals surface area contributed by atoms with Crippen LogP contribution in [0.3, 0.4) is 0 Å². The summed E-state index contributed by atoms with van der Waals surface area (Å²) in [6, 6.07) is 17.8. The quantitative estimate of drug-likeness (QED) is 0.711. The Balaban J connectivity index is 1.87. The summed E-state index contributed by atoms with van der Waals surface area (Å²) in [5.41, 5.74) is 4.05. The van der Waals surface area contributed by atoms with Crippen molar-refractivity contribution in [3.8, 4) is 17.0 Å². The fourth-order valence-electron chi connectivity index (χ4n) is 3.88. The number of fused-ring (bicyclic) bond motifs is 1. The predicted octanol–water partition coefficient (Wildman–Crippen LogP) is 4.82. The molecule has 0 radical (unpaired) electrons. The number of hydrogen-bond donors (Lipinski definition) is 1. The number of amides is 1. The van der Waals surface area contributed by atoms with Gasteiger partial charge in [0.2, 0.25) is 0 Å². The molecule has 0 saturated heterocycles. The van der Waals surface area contributed by atoms with Gasteiger partial charge >= 0.3 is 0 Å². The highest BCUT2D eigenvalue weighted by Gasteiger charge is 2.46. The van der Waals surface area contributed by atoms with Crippen molar-refractivity contribution in [2.24, 2.45) is 0 Å². The summed E-state index contributed by atoms with van der Waals surface area (Å²) in [5, 5.41) is 7.50. The van der Waals surface area contributed by atoms with Gasteiger partial charge in [0.1, 0.15) is 11.4 Å². The molecule has 3 aromatic rings. The van der Waals surface area contributed by atoms with Crippen molar-refractivity contribution in [1.29, 1.82) is 0 Å². The van der Waals surface area contributed by atoms with Crippen LogP contribution >= 0.6 is 0 Å². The second-order valence-corrected chi connectivity index (χ2v) is 7.98. The number of carbonyl (C=O) groups excluding carboxylic acids is 1. The van der Waals surface area contributed by atoms with E-state index in [1.165, 1.54) is 0 Å². The van der Waals surface area contributed by atoms with E-state index in [1.807, 2.05) is 66.4 Å². The van der Waals surface area contributed by atoms with Crippen molar-refractivity contribution < 1.29 is 9.53 Å². The lowest BCUT2D eigenvalue weighted by Crippen LogP contribution is -2.44. The number of ether oxygens (including phenoxy) is 1. The van der Waals surface area contributed by atoms with Crippen LogP contribution in [0.5, 0.6) is 5.75 Å². The average Bonchev–Trinajstić information content (AvgIpc) is 3.22. The Labute approximate surface area is 165 Å². The van der Waals surface area contributed by atoms with Crippen molar-refractivity contribution in [2.45, 2.75) is 39.3 Å². The van der Waals surface area contributed by atoms with Gasteiger partial charge in [-0.15, -0.1) is 0 Å². The van der Waals surface area contributed by atoms with E-state index in [-0.39, 0.29) is 17.5 Å². The molecule has 1 aliphatic heterocycles. The highest BCUT2D eigenvalue weighted by Crippen LogP contribution is 2.46. The molecule has 5 heteroatoms. The number of aromatic amines is 1. The summed E-state index contributed by atoms with van der Waals surface area (Å²) in [5.74, 6) is 0.810. The molecular weight excluding hydrogens is 350 g/mol. The standard InChI is InChI=1S/C23H25N3O2/c1-5-28-17-13-11-16(12-14-17)21-18-19(15-9-7-6-8-10-15)24-25-20(18)22(27)26(21)23(2,3)4/h6-14,21H,5H2,1-4H3,(H,24,25). The van der Waals surface area contributed by atoms with Crippen LogP contribution in [-0.2, 0) is 0 Å². The predicted molar refractivity (Wildman–Crippen MR) is 109 cm³/mol. The normalized spacial score (nSPS) is 16.4. The first-order chi connectivity index (χ1) is 13.4. The highest BCUT2D eigenvalue weighted by molar-refractivity contribution is 6.00. The third kappa shape index (κ3) is 2.97. The van der Waals surface area contributed by atoms with E-state index in [2.05, 4.69) is 31.0 Å². The zero-order valence-electron chi connectivity index (χ0n) is 16.7. The summed E-state index contributed by atoms with van der Waals surface area (Å²) < 4.78 is 5.59. The number of H-pyrrole nitrogens is 1. The molecule has 2 aromatic carbocycles. The maximum Gasteiger partial charge on any atom is 0.273 e. The van der Waals surface area contributed by atoms with E-state index in [0.717, 1.165) is 28.1 Å². The molecular formula is C23H25N3O2. The summed E-state index contributed by atoms with van der Waals surface area (Å²) >= 11 is 0. The summed E-state index contributed by atoms with van der Waals surface area (Å²) in [7, 11) is 0. The molecule has 0 spiro atoms. The SMILES string of the molecule is CCOc1ccc(C2c3c(-c4ccccc4)n[nH]c3C(=O)N2C(C)(C)C)cc1. The van der Waals surface area contributed by atoms with Gasteiger partial charge in [0, 0.05) is 16.7 Å². The van der Waals surface area contributed by atoms with Crippen LogP contribution in [0, 0.1) is 0 Å². The Kier molecular flexibility index (Phi) is 4.46. The fourth-order valence-corrected chi connectivity index (χ4v) is 3.88. The summed E-state index contributed by atoms with van der Waals surface area (Å²) in [6.07, 6.45) is 0. The third-order valence-corrected chi connectivity index (χ3v) is 5.05. The number of benzene rings is 2. The molecule has 1 amide bonds. The molecule has 0 aliphatic carbocycles. The Bertz CT molecular complexity index is 985. The average molecular weight is 375 g/mol. The molecule has 0 saturated carbocycles. The van der Waals surface area contributed by atoms with Gasteiger partial charge in [0.15, 0.2) is 0 Å². The van der Waals surface area contributed by atoms with Gasteiger partial charge in [-0.3, -0.25) is 9.89 Å². The molecule has 5 nitrogen and oxygen atoms in total. The fraction of sp³-hybridized carbons (Fsp3) is 0.304. The first-order valence-corrected chi connectivity index (χ1v) is 9.62. The number of nitrogens with zero attached hydrogens (tertiary/aromatic N) is 2. The second kappa shape index (κ2) is 6.82. The molecule has 0 bridgehead atoms. The topological polar surface area (TPSA) is 58.2 Å². The lowest BCUT2D eigenvalue weighted by molar-refractivity contribution is 0.0546. The maximum absolute atomic E-state index is 13.3. The van der Waals surface area contributed by atoms with Crippen molar-refractivity contribution >= 4 is 5.91 Å². The van der Waals surface area contributed by atoms with E-state index in [9.17, 15) is 4.79 Å². The van der Waals surface area contributed by atoms with Gasteiger partial charge < -0.3 is 9.64 Å². The zero-order chi connectivity index (χ0) is 19.9. The van der Waals surface area contributed by atoms with Gasteiger partial charge in [-0.25, -0.2) is 0 Å². The summed E-state index contributed by atoms with van der Waals surface area (Å²) in [6.45, 7) is 8.78. The molecule has 1 N–H and O–H groups in total. The first kappa shape index (κ1) is 18.3. The van der Waals surface area contributed by atoms with Gasteiger partial charge in [0.05, 0.1) is 18.3 Å². The van der Waals surface area contributed by atoms with E-state index in [0.29, 0.717) is 12.3 Å². The molecule has 144 valence electrons. The highest BCUT2D eigenvalue weighted by atomic mass is 16.5. The molecule has 0 fully saturated rings. The lowest BCUT2D eigenvalue weighted by Gasteiger charge is -2.37. The molecule has 1 aliphatic rings. The lowest BCUT2D eigenvalue weighted by atomic mass is 9.93. The van der Waals surface area contributed by atoms with E-state index in [1.54, 1.807) is 0 Å². The Hall–Kier alpha value is -3.08. The van der Waals surface area contributed by atoms with Crippen molar-refractivity contribution in [3.63, 3.8) is 0 Å². The van der Waals surface area contributed by atoms with E-state index >= 15 is 0 Å². The minimum Gasteiger partial charge on any atom is -0.494 e. The molecule has 1 aromatic heterocycles. The van der Waals surface area contributed by atoms with Crippen molar-refractivity contribution in [2.75, 3.05) is 6.61 Å². The Morgan fingerprint density at radius 3 is 2.36 bits per heavy atom. The number of hydrogen-bond acceptors (Lipinski definition) is 3. The van der Waals surface area contributed by atoms with Crippen molar-refractivity contribution in [1.82, 2.24) is 15.1 Å². The minimum atomic E-state index is -0.339. The molecule has 4 rings (SSSR count). The molecule has 2 heterocycles.